The lowest BCUT2D eigenvalue weighted by Crippen LogP contribution is -2.28. The second-order valence-corrected chi connectivity index (χ2v) is 4.67. The number of hydrogen-bond donors (Lipinski definition) is 1. The van der Waals surface area contributed by atoms with E-state index in [4.69, 9.17) is 9.47 Å². The van der Waals surface area contributed by atoms with E-state index in [0.29, 0.717) is 19.0 Å². The monoisotopic (exact) mass is 272 g/mol. The van der Waals surface area contributed by atoms with E-state index in [1.54, 1.807) is 31.5 Å². The summed E-state index contributed by atoms with van der Waals surface area (Å²) in [6.45, 7) is 3.27. The number of benzene rings is 1. The van der Waals surface area contributed by atoms with Crippen LogP contribution in [0.3, 0.4) is 0 Å². The quantitative estimate of drug-likeness (QED) is 0.910. The average molecular weight is 272 g/mol. The molecule has 1 aliphatic rings. The van der Waals surface area contributed by atoms with Gasteiger partial charge in [-0.15, -0.1) is 0 Å². The van der Waals surface area contributed by atoms with Crippen LogP contribution in [-0.4, -0.2) is 30.4 Å². The molecule has 1 aromatic heterocycles. The highest BCUT2D eigenvalue weighted by molar-refractivity contribution is 5.71. The molecule has 0 fully saturated rings. The molecule has 5 nitrogen and oxygen atoms in total. The molecule has 0 saturated heterocycles. The fourth-order valence-electron chi connectivity index (χ4n) is 2.38. The normalized spacial score (nSPS) is 13.6. The summed E-state index contributed by atoms with van der Waals surface area (Å²) in [6.07, 6.45) is 1.77. The van der Waals surface area contributed by atoms with Gasteiger partial charge in [-0.1, -0.05) is 0 Å². The summed E-state index contributed by atoms with van der Waals surface area (Å²) in [5, 5.41) is 9.67. The van der Waals surface area contributed by atoms with Gasteiger partial charge in [-0.05, 0) is 25.1 Å². The number of aryl methyl sites for hydroxylation is 1. The predicted octanol–water partition coefficient (Wildman–Crippen LogP) is 2.63. The average Bonchev–Trinajstić information content (AvgIpc) is 2.46. The predicted molar refractivity (Wildman–Crippen MR) is 76.1 cm³/mol. The minimum Gasteiger partial charge on any atom is -0.508 e. The Kier molecular flexibility index (Phi) is 3.10. The number of nitrogens with zero attached hydrogens (tertiary/aromatic N) is 2. The number of phenols is 1. The molecule has 0 unspecified atom stereocenters. The molecular weight excluding hydrogens is 256 g/mol. The minimum atomic E-state index is 0.220. The lowest BCUT2D eigenvalue weighted by molar-refractivity contribution is 0.313. The zero-order chi connectivity index (χ0) is 14.1. The molecule has 0 saturated carbocycles. The van der Waals surface area contributed by atoms with Gasteiger partial charge in [0.15, 0.2) is 0 Å². The van der Waals surface area contributed by atoms with E-state index in [0.717, 1.165) is 22.7 Å². The van der Waals surface area contributed by atoms with Crippen LogP contribution in [0.2, 0.25) is 0 Å². The summed E-state index contributed by atoms with van der Waals surface area (Å²) in [6, 6.07) is 7.12. The van der Waals surface area contributed by atoms with Gasteiger partial charge in [0.1, 0.15) is 18.1 Å². The standard InChI is InChI=1S/C15H16N2O3/c1-10-7-11(9-16-15(10)19-2)17-5-6-20-14-4-3-12(18)8-13(14)17/h3-4,7-9,18H,5-6H2,1-2H3. The van der Waals surface area contributed by atoms with Crippen LogP contribution >= 0.6 is 0 Å². The van der Waals surface area contributed by atoms with Crippen molar-refractivity contribution in [1.29, 1.82) is 0 Å². The third kappa shape index (κ3) is 2.11. The van der Waals surface area contributed by atoms with Crippen LogP contribution in [0.25, 0.3) is 0 Å². The summed E-state index contributed by atoms with van der Waals surface area (Å²) < 4.78 is 10.8. The molecule has 0 spiro atoms. The highest BCUT2D eigenvalue weighted by atomic mass is 16.5. The van der Waals surface area contributed by atoms with Crippen LogP contribution < -0.4 is 14.4 Å². The third-order valence-corrected chi connectivity index (χ3v) is 3.33. The second-order valence-electron chi connectivity index (χ2n) is 4.67. The first-order valence-electron chi connectivity index (χ1n) is 6.43. The Bertz CT molecular complexity index is 643. The van der Waals surface area contributed by atoms with Crippen molar-refractivity contribution in [2.45, 2.75) is 6.92 Å². The molecule has 0 bridgehead atoms. The zero-order valence-electron chi connectivity index (χ0n) is 11.5. The molecule has 1 aliphatic heterocycles. The van der Waals surface area contributed by atoms with Gasteiger partial charge >= 0.3 is 0 Å². The first-order valence-corrected chi connectivity index (χ1v) is 6.43. The van der Waals surface area contributed by atoms with Gasteiger partial charge in [-0.2, -0.15) is 0 Å². The molecule has 2 heterocycles. The van der Waals surface area contributed by atoms with E-state index in [1.807, 2.05) is 13.0 Å². The van der Waals surface area contributed by atoms with E-state index < -0.39 is 0 Å². The largest absolute Gasteiger partial charge is 0.508 e. The number of anilines is 2. The van der Waals surface area contributed by atoms with Crippen molar-refractivity contribution in [2.75, 3.05) is 25.2 Å². The maximum atomic E-state index is 9.67. The highest BCUT2D eigenvalue weighted by Crippen LogP contribution is 2.39. The fraction of sp³-hybridized carbons (Fsp3) is 0.267. The fourth-order valence-corrected chi connectivity index (χ4v) is 2.38. The first-order chi connectivity index (χ1) is 9.69. The van der Waals surface area contributed by atoms with Crippen molar-refractivity contribution in [3.05, 3.63) is 36.0 Å². The second kappa shape index (κ2) is 4.92. The van der Waals surface area contributed by atoms with E-state index in [2.05, 4.69) is 9.88 Å². The smallest absolute Gasteiger partial charge is 0.216 e. The summed E-state index contributed by atoms with van der Waals surface area (Å²) in [5.74, 6) is 1.61. The molecular formula is C15H16N2O3. The van der Waals surface area contributed by atoms with Gasteiger partial charge in [0.05, 0.1) is 31.2 Å². The molecule has 20 heavy (non-hydrogen) atoms. The van der Waals surface area contributed by atoms with Crippen molar-refractivity contribution in [3.8, 4) is 17.4 Å². The van der Waals surface area contributed by atoms with E-state index in [-0.39, 0.29) is 5.75 Å². The first kappa shape index (κ1) is 12.6. The molecule has 0 radical (unpaired) electrons. The zero-order valence-corrected chi connectivity index (χ0v) is 11.5. The van der Waals surface area contributed by atoms with Crippen molar-refractivity contribution in [1.82, 2.24) is 4.98 Å². The molecule has 1 aromatic carbocycles. The Morgan fingerprint density at radius 3 is 2.95 bits per heavy atom. The maximum Gasteiger partial charge on any atom is 0.216 e. The molecule has 0 aliphatic carbocycles. The van der Waals surface area contributed by atoms with E-state index in [9.17, 15) is 5.11 Å². The Labute approximate surface area is 117 Å². The summed E-state index contributed by atoms with van der Waals surface area (Å²) in [4.78, 5) is 6.38. The number of fused-ring (bicyclic) bond motifs is 1. The Morgan fingerprint density at radius 2 is 2.20 bits per heavy atom. The number of aromatic nitrogens is 1. The maximum absolute atomic E-state index is 9.67. The van der Waals surface area contributed by atoms with E-state index >= 15 is 0 Å². The van der Waals surface area contributed by atoms with Gasteiger partial charge in [-0.3, -0.25) is 0 Å². The van der Waals surface area contributed by atoms with Crippen LogP contribution in [0.1, 0.15) is 5.56 Å². The molecule has 5 heteroatoms. The number of methoxy groups -OCH3 is 1. The summed E-state index contributed by atoms with van der Waals surface area (Å²) in [7, 11) is 1.61. The minimum absolute atomic E-state index is 0.220. The Balaban J connectivity index is 2.04. The molecule has 0 amide bonds. The molecule has 1 N–H and O–H groups in total. The van der Waals surface area contributed by atoms with Crippen LogP contribution in [0.5, 0.6) is 17.4 Å². The molecule has 2 aromatic rings. The Hall–Kier alpha value is -2.43. The van der Waals surface area contributed by atoms with Gasteiger partial charge in [-0.25, -0.2) is 4.98 Å². The SMILES string of the molecule is COc1ncc(N2CCOc3ccc(O)cc32)cc1C. The van der Waals surface area contributed by atoms with Crippen LogP contribution in [0.4, 0.5) is 11.4 Å². The molecule has 0 atom stereocenters. The van der Waals surface area contributed by atoms with Crippen molar-refractivity contribution >= 4 is 11.4 Å². The van der Waals surface area contributed by atoms with E-state index in [1.165, 1.54) is 0 Å². The number of aromatic hydroxyl groups is 1. The molecule has 3 rings (SSSR count). The van der Waals surface area contributed by atoms with Gasteiger partial charge in [0.25, 0.3) is 0 Å². The van der Waals surface area contributed by atoms with Crippen LogP contribution in [-0.2, 0) is 0 Å². The number of hydrogen-bond acceptors (Lipinski definition) is 5. The lowest BCUT2D eigenvalue weighted by atomic mass is 10.2. The summed E-state index contributed by atoms with van der Waals surface area (Å²) >= 11 is 0. The number of ether oxygens (including phenoxy) is 2. The summed E-state index contributed by atoms with van der Waals surface area (Å²) in [5.41, 5.74) is 2.78. The highest BCUT2D eigenvalue weighted by Gasteiger charge is 2.20. The van der Waals surface area contributed by atoms with Crippen molar-refractivity contribution in [3.63, 3.8) is 0 Å². The lowest BCUT2D eigenvalue weighted by Gasteiger charge is -2.31. The number of phenolic OH excluding ortho intramolecular Hbond substituents is 1. The van der Waals surface area contributed by atoms with Gasteiger partial charge < -0.3 is 19.5 Å². The number of pyridine rings is 1. The Morgan fingerprint density at radius 1 is 1.35 bits per heavy atom. The third-order valence-electron chi connectivity index (χ3n) is 3.33. The van der Waals surface area contributed by atoms with Gasteiger partial charge in [0.2, 0.25) is 5.88 Å². The van der Waals surface area contributed by atoms with Gasteiger partial charge in [0, 0.05) is 11.6 Å². The van der Waals surface area contributed by atoms with Crippen LogP contribution in [0, 0.1) is 6.92 Å². The van der Waals surface area contributed by atoms with Crippen molar-refractivity contribution < 1.29 is 14.6 Å². The van der Waals surface area contributed by atoms with Crippen molar-refractivity contribution in [2.24, 2.45) is 0 Å². The topological polar surface area (TPSA) is 54.8 Å². The number of rotatable bonds is 2. The molecule has 104 valence electrons. The van der Waals surface area contributed by atoms with Crippen LogP contribution in [0.15, 0.2) is 30.5 Å².